The first kappa shape index (κ1) is 37.1. The molecule has 2 aromatic carbocycles. The Balaban J connectivity index is 1.75. The minimum atomic E-state index is -1.54. The van der Waals surface area contributed by atoms with Crippen LogP contribution in [0.4, 0.5) is 10.5 Å². The lowest BCUT2D eigenvalue weighted by atomic mass is 10.0. The Hall–Kier alpha value is -5.40. The molecule has 0 saturated heterocycles. The summed E-state index contributed by atoms with van der Waals surface area (Å²) < 4.78 is 5.39. The van der Waals surface area contributed by atoms with Crippen molar-refractivity contribution in [3.63, 3.8) is 0 Å². The molecular weight excluding hydrogens is 620 g/mol. The molecule has 0 fully saturated rings. The van der Waals surface area contributed by atoms with Gasteiger partial charge in [-0.2, -0.15) is 0 Å². The summed E-state index contributed by atoms with van der Waals surface area (Å²) in [5, 5.41) is 23.0. The molecule has 3 atom stereocenters. The number of anilines is 1. The number of hydrogen-bond donors (Lipinski definition) is 7. The highest BCUT2D eigenvalue weighted by molar-refractivity contribution is 5.98. The van der Waals surface area contributed by atoms with Crippen LogP contribution in [0.1, 0.15) is 58.9 Å². The SMILES string of the molecule is CCCC[C@H](NC(=O)[C@H](Cc1c[nH]c2ccccc12)NC(=O)OC(C)(C)C)C(=O)N[C@@H](CC(=O)O)C(=O)NCC(=O)Nc1ccccc1. The molecule has 0 aliphatic heterocycles. The van der Waals surface area contributed by atoms with Crippen molar-refractivity contribution in [2.45, 2.75) is 83.5 Å². The minimum absolute atomic E-state index is 0.0618. The maximum Gasteiger partial charge on any atom is 0.408 e. The molecule has 14 nitrogen and oxygen atoms in total. The number of fused-ring (bicyclic) bond motifs is 1. The smallest absolute Gasteiger partial charge is 0.408 e. The topological polar surface area (TPSA) is 208 Å². The maximum absolute atomic E-state index is 13.7. The zero-order chi connectivity index (χ0) is 35.3. The summed E-state index contributed by atoms with van der Waals surface area (Å²) in [4.78, 5) is 80.0. The van der Waals surface area contributed by atoms with E-state index < -0.39 is 72.4 Å². The number of carboxylic acids is 1. The third-order valence-corrected chi connectivity index (χ3v) is 7.08. The molecule has 48 heavy (non-hydrogen) atoms. The van der Waals surface area contributed by atoms with E-state index in [2.05, 4.69) is 31.6 Å². The molecule has 0 aliphatic carbocycles. The number of ether oxygens (including phenoxy) is 1. The highest BCUT2D eigenvalue weighted by Crippen LogP contribution is 2.20. The average Bonchev–Trinajstić information content (AvgIpc) is 3.43. The van der Waals surface area contributed by atoms with Crippen LogP contribution in [-0.4, -0.2) is 76.1 Å². The van der Waals surface area contributed by atoms with Gasteiger partial charge in [0.1, 0.15) is 23.7 Å². The maximum atomic E-state index is 13.7. The number of hydrogen-bond acceptors (Lipinski definition) is 7. The Kier molecular flexibility index (Phi) is 13.5. The van der Waals surface area contributed by atoms with E-state index in [0.717, 1.165) is 16.5 Å². The van der Waals surface area contributed by atoms with Gasteiger partial charge < -0.3 is 41.4 Å². The van der Waals surface area contributed by atoms with E-state index in [0.29, 0.717) is 18.5 Å². The number of carboxylic acid groups (broad SMARTS) is 1. The number of nitrogens with one attached hydrogen (secondary N) is 6. The van der Waals surface area contributed by atoms with E-state index >= 15 is 0 Å². The predicted molar refractivity (Wildman–Crippen MR) is 179 cm³/mol. The van der Waals surface area contributed by atoms with Gasteiger partial charge in [0.2, 0.25) is 23.6 Å². The molecule has 0 unspecified atom stereocenters. The van der Waals surface area contributed by atoms with E-state index in [1.54, 1.807) is 57.3 Å². The van der Waals surface area contributed by atoms with Crippen molar-refractivity contribution in [1.82, 2.24) is 26.3 Å². The molecule has 0 spiro atoms. The van der Waals surface area contributed by atoms with E-state index in [4.69, 9.17) is 4.74 Å². The highest BCUT2D eigenvalue weighted by atomic mass is 16.6. The van der Waals surface area contributed by atoms with Crippen molar-refractivity contribution in [3.05, 3.63) is 66.4 Å². The molecule has 1 heterocycles. The fraction of sp³-hybridized carbons (Fsp3) is 0.412. The first-order chi connectivity index (χ1) is 22.8. The third-order valence-electron chi connectivity index (χ3n) is 7.08. The summed E-state index contributed by atoms with van der Waals surface area (Å²) in [5.74, 6) is -4.28. The van der Waals surface area contributed by atoms with Crippen LogP contribution in [0, 0.1) is 0 Å². The zero-order valence-corrected chi connectivity index (χ0v) is 27.6. The second kappa shape index (κ2) is 17.5. The average molecular weight is 665 g/mol. The van der Waals surface area contributed by atoms with Crippen LogP contribution in [0.5, 0.6) is 0 Å². The van der Waals surface area contributed by atoms with E-state index in [1.165, 1.54) is 0 Å². The van der Waals surface area contributed by atoms with Crippen molar-refractivity contribution < 1.29 is 38.6 Å². The summed E-state index contributed by atoms with van der Waals surface area (Å²) in [7, 11) is 0. The monoisotopic (exact) mass is 664 g/mol. The number of aromatic amines is 1. The van der Waals surface area contributed by atoms with Crippen LogP contribution < -0.4 is 26.6 Å². The van der Waals surface area contributed by atoms with Crippen LogP contribution >= 0.6 is 0 Å². The van der Waals surface area contributed by atoms with Crippen molar-refractivity contribution in [2.24, 2.45) is 0 Å². The molecule has 3 aromatic rings. The molecule has 1 aromatic heterocycles. The zero-order valence-electron chi connectivity index (χ0n) is 27.6. The molecule has 14 heteroatoms. The Morgan fingerprint density at radius 2 is 1.48 bits per heavy atom. The van der Waals surface area contributed by atoms with Crippen molar-refractivity contribution in [1.29, 1.82) is 0 Å². The minimum Gasteiger partial charge on any atom is -0.481 e. The molecule has 5 amide bonds. The lowest BCUT2D eigenvalue weighted by molar-refractivity contribution is -0.141. The summed E-state index contributed by atoms with van der Waals surface area (Å²) in [6.07, 6.45) is 1.55. The first-order valence-corrected chi connectivity index (χ1v) is 15.8. The normalized spacial score (nSPS) is 13.0. The lowest BCUT2D eigenvalue weighted by Gasteiger charge is -2.26. The molecule has 3 rings (SSSR count). The van der Waals surface area contributed by atoms with Crippen molar-refractivity contribution in [2.75, 3.05) is 11.9 Å². The summed E-state index contributed by atoms with van der Waals surface area (Å²) in [6, 6.07) is 12.1. The second-order valence-electron chi connectivity index (χ2n) is 12.3. The van der Waals surface area contributed by atoms with E-state index in [-0.39, 0.29) is 12.8 Å². The van der Waals surface area contributed by atoms with Gasteiger partial charge in [0.15, 0.2) is 0 Å². The number of aromatic nitrogens is 1. The highest BCUT2D eigenvalue weighted by Gasteiger charge is 2.32. The van der Waals surface area contributed by atoms with E-state index in [1.807, 2.05) is 31.2 Å². The van der Waals surface area contributed by atoms with Gasteiger partial charge in [-0.05, 0) is 51.0 Å². The molecule has 7 N–H and O–H groups in total. The number of H-pyrrole nitrogens is 1. The van der Waals surface area contributed by atoms with Crippen LogP contribution in [0.3, 0.4) is 0 Å². The van der Waals surface area contributed by atoms with Gasteiger partial charge in [0, 0.05) is 29.2 Å². The predicted octanol–water partition coefficient (Wildman–Crippen LogP) is 2.99. The van der Waals surface area contributed by atoms with Gasteiger partial charge in [0.25, 0.3) is 0 Å². The molecule has 0 bridgehead atoms. The summed E-state index contributed by atoms with van der Waals surface area (Å²) in [6.45, 7) is 6.48. The van der Waals surface area contributed by atoms with Crippen LogP contribution in [0.15, 0.2) is 60.8 Å². The number of amides is 5. The first-order valence-electron chi connectivity index (χ1n) is 15.8. The Labute approximate surface area is 278 Å². The quantitative estimate of drug-likeness (QED) is 0.121. The Morgan fingerprint density at radius 3 is 2.15 bits per heavy atom. The molecule has 0 aliphatic rings. The fourth-order valence-electron chi connectivity index (χ4n) is 4.80. The van der Waals surface area contributed by atoms with E-state index in [9.17, 15) is 33.9 Å². The number of carbonyl (C=O) groups is 6. The number of aliphatic carboxylic acids is 1. The number of alkyl carbamates (subject to hydrolysis) is 1. The number of benzene rings is 2. The van der Waals surface area contributed by atoms with Crippen LogP contribution in [0.2, 0.25) is 0 Å². The van der Waals surface area contributed by atoms with Crippen LogP contribution in [-0.2, 0) is 35.1 Å². The molecular formula is C34H44N6O8. The lowest BCUT2D eigenvalue weighted by Crippen LogP contribution is -2.57. The van der Waals surface area contributed by atoms with Gasteiger partial charge in [-0.3, -0.25) is 24.0 Å². The van der Waals surface area contributed by atoms with Gasteiger partial charge >= 0.3 is 12.1 Å². The molecule has 0 saturated carbocycles. The summed E-state index contributed by atoms with van der Waals surface area (Å²) in [5.41, 5.74) is 1.25. The van der Waals surface area contributed by atoms with Crippen LogP contribution in [0.25, 0.3) is 10.9 Å². The third kappa shape index (κ3) is 12.1. The Bertz CT molecular complexity index is 1580. The van der Waals surface area contributed by atoms with Gasteiger partial charge in [0.05, 0.1) is 13.0 Å². The van der Waals surface area contributed by atoms with Gasteiger partial charge in [-0.1, -0.05) is 56.2 Å². The van der Waals surface area contributed by atoms with Crippen molar-refractivity contribution >= 4 is 52.3 Å². The number of para-hydroxylation sites is 2. The number of unbranched alkanes of at least 4 members (excludes halogenated alkanes) is 1. The number of carbonyl (C=O) groups excluding carboxylic acids is 5. The molecule has 258 valence electrons. The summed E-state index contributed by atoms with van der Waals surface area (Å²) >= 11 is 0. The number of rotatable bonds is 16. The van der Waals surface area contributed by atoms with Gasteiger partial charge in [-0.15, -0.1) is 0 Å². The second-order valence-corrected chi connectivity index (χ2v) is 12.3. The fourth-order valence-corrected chi connectivity index (χ4v) is 4.80. The van der Waals surface area contributed by atoms with Gasteiger partial charge in [-0.25, -0.2) is 4.79 Å². The Morgan fingerprint density at radius 1 is 0.833 bits per heavy atom. The van der Waals surface area contributed by atoms with Crippen molar-refractivity contribution in [3.8, 4) is 0 Å². The largest absolute Gasteiger partial charge is 0.481 e. The molecule has 0 radical (unpaired) electrons. The standard InChI is InChI=1S/C34H44N6O8/c1-5-6-15-25(31(45)39-27(18-29(42)43)30(44)36-20-28(41)37-22-12-8-7-9-13-22)38-32(46)26(40-33(47)48-34(2,3)4)17-21-19-35-24-16-11-10-14-23(21)24/h7-14,16,19,25-27,35H,5-6,15,17-18,20H2,1-4H3,(H,36,44)(H,37,41)(H,38,46)(H,39,45)(H,40,47)(H,42,43)/t25-,26-,27-/m0/s1.